The minimum absolute atomic E-state index is 0.0173. The van der Waals surface area contributed by atoms with Crippen LogP contribution in [0.2, 0.25) is 0 Å². The number of rotatable bonds is 7. The number of morpholine rings is 2. The fraction of sp³-hybridized carbons (Fsp3) is 1.00. The summed E-state index contributed by atoms with van der Waals surface area (Å²) < 4.78 is 33.9. The third kappa shape index (κ3) is 5.92. The molecule has 10 heteroatoms. The molecule has 2 fully saturated rings. The molecule has 2 saturated heterocycles. The van der Waals surface area contributed by atoms with Gasteiger partial charge in [-0.1, -0.05) is 6.92 Å². The molecule has 0 amide bonds. The monoisotopic (exact) mass is 439 g/mol. The van der Waals surface area contributed by atoms with Crippen LogP contribution < -0.4 is 0 Å². The van der Waals surface area contributed by atoms with Gasteiger partial charge in [-0.15, -0.1) is 0 Å². The summed E-state index contributed by atoms with van der Waals surface area (Å²) in [4.78, 5) is 4.43. The highest BCUT2D eigenvalue weighted by Crippen LogP contribution is 2.62. The predicted octanol–water partition coefficient (Wildman–Crippen LogP) is 2.09. The maximum atomic E-state index is 14.2. The highest BCUT2D eigenvalue weighted by atomic mass is 31.2. The largest absolute Gasteiger partial charge is 0.382 e. The van der Waals surface area contributed by atoms with Crippen LogP contribution >= 0.6 is 7.52 Å². The van der Waals surface area contributed by atoms with Crippen LogP contribution in [-0.4, -0.2) is 112 Å². The van der Waals surface area contributed by atoms with Crippen molar-refractivity contribution in [1.29, 1.82) is 0 Å². The first kappa shape index (κ1) is 26.4. The minimum atomic E-state index is -3.26. The number of hydrogen-bond donors (Lipinski definition) is 0. The highest BCUT2D eigenvalue weighted by molar-refractivity contribution is 7.58. The van der Waals surface area contributed by atoms with E-state index in [-0.39, 0.29) is 30.4 Å². The molecule has 2 aliphatic rings. The molecule has 4 radical (unpaired) electrons. The molecule has 0 aromatic rings. The van der Waals surface area contributed by atoms with E-state index in [4.69, 9.17) is 29.7 Å². The second-order valence-electron chi connectivity index (χ2n) is 10.1. The fourth-order valence-electron chi connectivity index (χ4n) is 4.18. The Bertz CT molecular complexity index is 617. The first-order chi connectivity index (χ1) is 13.7. The first-order valence-corrected chi connectivity index (χ1v) is 12.5. The Morgan fingerprint density at radius 3 is 1.97 bits per heavy atom. The Labute approximate surface area is 186 Å². The van der Waals surface area contributed by atoms with Crippen molar-refractivity contribution in [1.82, 2.24) is 14.5 Å². The van der Waals surface area contributed by atoms with Crippen LogP contribution in [0.25, 0.3) is 0 Å². The van der Waals surface area contributed by atoms with Crippen LogP contribution in [-0.2, 0) is 18.6 Å². The lowest BCUT2D eigenvalue weighted by atomic mass is 9.94. The lowest BCUT2D eigenvalue weighted by molar-refractivity contribution is -0.0931. The van der Waals surface area contributed by atoms with Gasteiger partial charge in [0.05, 0.1) is 18.8 Å². The van der Waals surface area contributed by atoms with Crippen molar-refractivity contribution in [2.45, 2.75) is 83.0 Å². The van der Waals surface area contributed by atoms with Gasteiger partial charge in [0.25, 0.3) is 7.52 Å². The van der Waals surface area contributed by atoms with Crippen molar-refractivity contribution >= 4 is 23.2 Å². The van der Waals surface area contributed by atoms with Gasteiger partial charge in [0.2, 0.25) is 0 Å². The van der Waals surface area contributed by atoms with E-state index in [2.05, 4.69) is 37.5 Å². The molecule has 5 atom stereocenters. The SMILES string of the molecule is [B]C1CN(C(C)(C)C)CC(COP(=O)(N(C)C)C(C)(C)N2CC([B])OC(CC)C2)O1. The molecule has 0 N–H and O–H groups in total. The lowest BCUT2D eigenvalue weighted by Gasteiger charge is -2.50. The van der Waals surface area contributed by atoms with Crippen molar-refractivity contribution < 1.29 is 18.6 Å². The summed E-state index contributed by atoms with van der Waals surface area (Å²) in [6.07, 6.45) is 0.625. The summed E-state index contributed by atoms with van der Waals surface area (Å²) in [5.41, 5.74) is -0.0245. The quantitative estimate of drug-likeness (QED) is 0.445. The molecule has 170 valence electrons. The molecule has 5 unspecified atom stereocenters. The second kappa shape index (κ2) is 9.94. The molecule has 7 nitrogen and oxygen atoms in total. The van der Waals surface area contributed by atoms with Crippen molar-refractivity contribution in [3.05, 3.63) is 0 Å². The highest BCUT2D eigenvalue weighted by Gasteiger charge is 2.50. The summed E-state index contributed by atoms with van der Waals surface area (Å²) in [6, 6.07) is -0.792. The van der Waals surface area contributed by atoms with E-state index >= 15 is 0 Å². The molecular formula is C20H40B2N3O4P. The zero-order valence-electron chi connectivity index (χ0n) is 20.1. The smallest absolute Gasteiger partial charge is 0.291 e. The van der Waals surface area contributed by atoms with E-state index < -0.39 is 18.8 Å². The van der Waals surface area contributed by atoms with Crippen molar-refractivity contribution in [3.63, 3.8) is 0 Å². The van der Waals surface area contributed by atoms with Crippen LogP contribution in [0.3, 0.4) is 0 Å². The van der Waals surface area contributed by atoms with Crippen LogP contribution in [0.15, 0.2) is 0 Å². The fourth-order valence-corrected chi connectivity index (χ4v) is 6.59. The summed E-state index contributed by atoms with van der Waals surface area (Å²) in [5.74, 6) is 0. The zero-order chi connectivity index (χ0) is 22.9. The first-order valence-electron chi connectivity index (χ1n) is 11.0. The predicted molar refractivity (Wildman–Crippen MR) is 123 cm³/mol. The molecule has 0 aromatic carbocycles. The Hall–Kier alpha value is 0.120. The molecule has 30 heavy (non-hydrogen) atoms. The number of hydrogen-bond acceptors (Lipinski definition) is 6. The van der Waals surface area contributed by atoms with Crippen LogP contribution in [0.5, 0.6) is 0 Å². The van der Waals surface area contributed by atoms with Gasteiger partial charge < -0.3 is 14.0 Å². The normalized spacial score (nSPS) is 32.3. The van der Waals surface area contributed by atoms with E-state index in [9.17, 15) is 4.57 Å². The summed E-state index contributed by atoms with van der Waals surface area (Å²) in [6.45, 7) is 15.2. The van der Waals surface area contributed by atoms with Crippen molar-refractivity contribution in [2.75, 3.05) is 46.9 Å². The molecular weight excluding hydrogens is 399 g/mol. The van der Waals surface area contributed by atoms with Crippen LogP contribution in [0.1, 0.15) is 48.0 Å². The lowest BCUT2D eigenvalue weighted by Crippen LogP contribution is -2.58. The molecule has 0 aromatic heterocycles. The van der Waals surface area contributed by atoms with E-state index in [1.165, 1.54) is 0 Å². The maximum Gasteiger partial charge on any atom is 0.291 e. The molecule has 2 aliphatic heterocycles. The van der Waals surface area contributed by atoms with Gasteiger partial charge in [-0.05, 0) is 55.1 Å². The molecule has 0 bridgehead atoms. The standard InChI is InChI=1S/C20H40B2N3O4P/c1-9-15-10-25(13-18(22)28-15)20(5,6)30(26,23(7)8)27-14-16-11-24(19(2,3)4)12-17(21)29-16/h15-18H,9-14H2,1-8H3. The maximum absolute atomic E-state index is 14.2. The Morgan fingerprint density at radius 2 is 1.47 bits per heavy atom. The van der Waals surface area contributed by atoms with E-state index in [0.29, 0.717) is 26.2 Å². The molecule has 0 spiro atoms. The van der Waals surface area contributed by atoms with E-state index in [1.54, 1.807) is 18.8 Å². The number of nitrogens with zero attached hydrogens (tertiary/aromatic N) is 3. The Balaban J connectivity index is 2.16. The van der Waals surface area contributed by atoms with Gasteiger partial charge in [-0.2, -0.15) is 0 Å². The summed E-state index contributed by atoms with van der Waals surface area (Å²) >= 11 is 0. The third-order valence-corrected chi connectivity index (χ3v) is 9.43. The van der Waals surface area contributed by atoms with Gasteiger partial charge in [-0.25, -0.2) is 4.67 Å². The van der Waals surface area contributed by atoms with Crippen molar-refractivity contribution in [3.8, 4) is 0 Å². The second-order valence-corrected chi connectivity index (χ2v) is 13.3. The zero-order valence-corrected chi connectivity index (χ0v) is 21.0. The van der Waals surface area contributed by atoms with Gasteiger partial charge in [0.15, 0.2) is 0 Å². The molecule has 0 aliphatic carbocycles. The van der Waals surface area contributed by atoms with Gasteiger partial charge >= 0.3 is 0 Å². The van der Waals surface area contributed by atoms with Gasteiger partial charge in [0, 0.05) is 43.7 Å². The van der Waals surface area contributed by atoms with E-state index in [0.717, 1.165) is 6.42 Å². The van der Waals surface area contributed by atoms with Crippen LogP contribution in [0, 0.1) is 0 Å². The van der Waals surface area contributed by atoms with Crippen molar-refractivity contribution in [2.24, 2.45) is 0 Å². The molecule has 0 saturated carbocycles. The number of ether oxygens (including phenoxy) is 2. The van der Waals surface area contributed by atoms with Gasteiger partial charge in [-0.3, -0.25) is 14.4 Å². The topological polar surface area (TPSA) is 54.5 Å². The average molecular weight is 439 g/mol. The Kier molecular flexibility index (Phi) is 8.74. The molecule has 2 heterocycles. The molecule has 2 rings (SSSR count). The minimum Gasteiger partial charge on any atom is -0.382 e. The average Bonchev–Trinajstić information content (AvgIpc) is 2.64. The summed E-state index contributed by atoms with van der Waals surface area (Å²) in [7, 11) is 12.6. The third-order valence-electron chi connectivity index (χ3n) is 6.21. The van der Waals surface area contributed by atoms with E-state index in [1.807, 2.05) is 13.8 Å². The Morgan fingerprint density at radius 1 is 0.967 bits per heavy atom. The summed E-state index contributed by atoms with van der Waals surface area (Å²) in [5, 5.41) is -0.744. The van der Waals surface area contributed by atoms with Gasteiger partial charge in [0.1, 0.15) is 21.0 Å². The van der Waals surface area contributed by atoms with Crippen LogP contribution in [0.4, 0.5) is 0 Å².